The number of rotatable bonds is 5. The third-order valence-electron chi connectivity index (χ3n) is 3.07. The van der Waals surface area contributed by atoms with Gasteiger partial charge in [0.1, 0.15) is 6.04 Å². The van der Waals surface area contributed by atoms with Gasteiger partial charge in [0, 0.05) is 0 Å². The first-order chi connectivity index (χ1) is 8.39. The van der Waals surface area contributed by atoms with E-state index in [9.17, 15) is 9.59 Å². The molecule has 0 aromatic heterocycles. The first-order valence-corrected chi connectivity index (χ1v) is 5.99. The predicted molar refractivity (Wildman–Crippen MR) is 69.3 cm³/mol. The Hall–Kier alpha value is -1.84. The number of amides is 1. The summed E-state index contributed by atoms with van der Waals surface area (Å²) in [4.78, 5) is 23.1. The van der Waals surface area contributed by atoms with E-state index in [1.807, 2.05) is 30.3 Å². The van der Waals surface area contributed by atoms with Crippen LogP contribution in [-0.4, -0.2) is 23.0 Å². The Morgan fingerprint density at radius 1 is 1.28 bits per heavy atom. The smallest absolute Gasteiger partial charge is 0.326 e. The van der Waals surface area contributed by atoms with Gasteiger partial charge in [-0.1, -0.05) is 37.3 Å². The highest BCUT2D eigenvalue weighted by atomic mass is 16.4. The molecule has 2 N–H and O–H groups in total. The summed E-state index contributed by atoms with van der Waals surface area (Å²) in [5.41, 5.74) is 0.118. The molecule has 98 valence electrons. The first kappa shape index (κ1) is 14.2. The summed E-state index contributed by atoms with van der Waals surface area (Å²) in [6.45, 7) is 5.30. The van der Waals surface area contributed by atoms with E-state index >= 15 is 0 Å². The molecule has 0 radical (unpaired) electrons. The normalized spacial score (nSPS) is 12.8. The Morgan fingerprint density at radius 3 is 2.28 bits per heavy atom. The van der Waals surface area contributed by atoms with Gasteiger partial charge in [0.2, 0.25) is 5.91 Å². The number of carbonyl (C=O) groups excluding carboxylic acids is 1. The molecule has 0 bridgehead atoms. The van der Waals surface area contributed by atoms with Crippen molar-refractivity contribution in [3.8, 4) is 0 Å². The van der Waals surface area contributed by atoms with Gasteiger partial charge in [-0.15, -0.1) is 0 Å². The molecule has 1 rings (SSSR count). The lowest BCUT2D eigenvalue weighted by molar-refractivity contribution is -0.142. The average molecular weight is 249 g/mol. The fourth-order valence-corrected chi connectivity index (χ4v) is 1.66. The summed E-state index contributed by atoms with van der Waals surface area (Å²) in [6.07, 6.45) is 0.367. The average Bonchev–Trinajstić information content (AvgIpc) is 2.36. The molecule has 0 aliphatic heterocycles. The Morgan fingerprint density at radius 2 is 1.83 bits per heavy atom. The van der Waals surface area contributed by atoms with Gasteiger partial charge in [-0.25, -0.2) is 4.79 Å². The highest BCUT2D eigenvalue weighted by Gasteiger charge is 2.32. The Balaban J connectivity index is 2.86. The van der Waals surface area contributed by atoms with Gasteiger partial charge in [0.25, 0.3) is 0 Å². The van der Waals surface area contributed by atoms with Crippen molar-refractivity contribution in [2.24, 2.45) is 0 Å². The van der Waals surface area contributed by atoms with Crippen molar-refractivity contribution in [3.63, 3.8) is 0 Å². The summed E-state index contributed by atoms with van der Waals surface area (Å²) in [6, 6.07) is 8.49. The molecule has 0 saturated heterocycles. The zero-order valence-electron chi connectivity index (χ0n) is 10.9. The number of hydrogen-bond donors (Lipinski definition) is 2. The summed E-state index contributed by atoms with van der Waals surface area (Å²) < 4.78 is 0. The van der Waals surface area contributed by atoms with Gasteiger partial charge in [-0.3, -0.25) is 4.79 Å². The molecule has 1 aromatic carbocycles. The second-order valence-corrected chi connectivity index (χ2v) is 4.76. The second kappa shape index (κ2) is 5.67. The molecule has 1 atom stereocenters. The van der Waals surface area contributed by atoms with Crippen LogP contribution in [0.5, 0.6) is 0 Å². The molecule has 0 aliphatic rings. The van der Waals surface area contributed by atoms with E-state index in [0.717, 1.165) is 5.56 Å². The molecule has 4 heteroatoms. The van der Waals surface area contributed by atoms with Crippen LogP contribution < -0.4 is 5.32 Å². The van der Waals surface area contributed by atoms with Gasteiger partial charge in [-0.05, 0) is 25.8 Å². The number of benzene rings is 1. The maximum atomic E-state index is 12.2. The van der Waals surface area contributed by atoms with Crippen molar-refractivity contribution in [2.75, 3.05) is 0 Å². The number of hydrogen-bond acceptors (Lipinski definition) is 2. The maximum Gasteiger partial charge on any atom is 0.326 e. The van der Waals surface area contributed by atoms with E-state index in [2.05, 4.69) is 5.32 Å². The van der Waals surface area contributed by atoms with E-state index in [4.69, 9.17) is 5.11 Å². The molecule has 0 saturated carbocycles. The second-order valence-electron chi connectivity index (χ2n) is 4.76. The molecule has 0 heterocycles. The van der Waals surface area contributed by atoms with Gasteiger partial charge >= 0.3 is 5.97 Å². The van der Waals surface area contributed by atoms with E-state index in [-0.39, 0.29) is 5.91 Å². The summed E-state index contributed by atoms with van der Waals surface area (Å²) in [5.74, 6) is -1.28. The lowest BCUT2D eigenvalue weighted by atomic mass is 9.83. The highest BCUT2D eigenvalue weighted by molar-refractivity contribution is 5.90. The third kappa shape index (κ3) is 3.09. The van der Waals surface area contributed by atoms with E-state index in [1.54, 1.807) is 20.8 Å². The van der Waals surface area contributed by atoms with Crippen molar-refractivity contribution in [3.05, 3.63) is 35.9 Å². The van der Waals surface area contributed by atoms with Crippen molar-refractivity contribution in [2.45, 2.75) is 38.6 Å². The van der Waals surface area contributed by atoms with Crippen molar-refractivity contribution < 1.29 is 14.7 Å². The first-order valence-electron chi connectivity index (χ1n) is 5.99. The van der Waals surface area contributed by atoms with Crippen LogP contribution in [0.4, 0.5) is 0 Å². The van der Waals surface area contributed by atoms with Crippen LogP contribution in [0.2, 0.25) is 0 Å². The topological polar surface area (TPSA) is 66.4 Å². The zero-order valence-corrected chi connectivity index (χ0v) is 10.9. The summed E-state index contributed by atoms with van der Waals surface area (Å²) in [7, 11) is 0. The molecule has 18 heavy (non-hydrogen) atoms. The lowest BCUT2D eigenvalue weighted by Crippen LogP contribution is -2.48. The van der Waals surface area contributed by atoms with Crippen LogP contribution in [0.3, 0.4) is 0 Å². The minimum Gasteiger partial charge on any atom is -0.480 e. The van der Waals surface area contributed by atoms with Crippen LogP contribution in [0, 0.1) is 0 Å². The van der Waals surface area contributed by atoms with Gasteiger partial charge < -0.3 is 10.4 Å². The van der Waals surface area contributed by atoms with Crippen molar-refractivity contribution in [1.29, 1.82) is 0 Å². The number of nitrogens with one attached hydrogen (secondary N) is 1. The standard InChI is InChI=1S/C14H19NO3/c1-4-11(12(16)17)15-13(18)14(2,3)10-8-6-5-7-9-10/h5-9,11H,4H2,1-3H3,(H,15,18)(H,16,17). The maximum absolute atomic E-state index is 12.2. The number of aliphatic carboxylic acids is 1. The number of carboxylic acids is 1. The lowest BCUT2D eigenvalue weighted by Gasteiger charge is -2.26. The fraction of sp³-hybridized carbons (Fsp3) is 0.429. The minimum absolute atomic E-state index is 0.275. The van der Waals surface area contributed by atoms with Crippen LogP contribution in [0.25, 0.3) is 0 Å². The van der Waals surface area contributed by atoms with Crippen LogP contribution in [0.15, 0.2) is 30.3 Å². The molecule has 1 unspecified atom stereocenters. The molecule has 1 aromatic rings. The Labute approximate surface area is 107 Å². The van der Waals surface area contributed by atoms with Gasteiger partial charge in [-0.2, -0.15) is 0 Å². The molecule has 0 spiro atoms. The van der Waals surface area contributed by atoms with Gasteiger partial charge in [0.15, 0.2) is 0 Å². The number of carbonyl (C=O) groups is 2. The summed E-state index contributed by atoms with van der Waals surface area (Å²) >= 11 is 0. The third-order valence-corrected chi connectivity index (χ3v) is 3.07. The van der Waals surface area contributed by atoms with Crippen molar-refractivity contribution >= 4 is 11.9 Å². The number of carboxylic acid groups (broad SMARTS) is 1. The van der Waals surface area contributed by atoms with Crippen LogP contribution >= 0.6 is 0 Å². The molecule has 1 amide bonds. The predicted octanol–water partition coefficient (Wildman–Crippen LogP) is 1.94. The van der Waals surface area contributed by atoms with Crippen molar-refractivity contribution in [1.82, 2.24) is 5.32 Å². The quantitative estimate of drug-likeness (QED) is 0.838. The van der Waals surface area contributed by atoms with Crippen LogP contribution in [-0.2, 0) is 15.0 Å². The molecular weight excluding hydrogens is 230 g/mol. The molecule has 0 aliphatic carbocycles. The van der Waals surface area contributed by atoms with E-state index < -0.39 is 17.4 Å². The van der Waals surface area contributed by atoms with Crippen LogP contribution in [0.1, 0.15) is 32.8 Å². The molecular formula is C14H19NO3. The molecule has 0 fully saturated rings. The van der Waals surface area contributed by atoms with E-state index in [0.29, 0.717) is 6.42 Å². The van der Waals surface area contributed by atoms with Gasteiger partial charge in [0.05, 0.1) is 5.41 Å². The zero-order chi connectivity index (χ0) is 13.8. The minimum atomic E-state index is -1.00. The summed E-state index contributed by atoms with van der Waals surface area (Å²) in [5, 5.41) is 11.5. The Bertz CT molecular complexity index is 426. The largest absolute Gasteiger partial charge is 0.480 e. The van der Waals surface area contributed by atoms with E-state index in [1.165, 1.54) is 0 Å². The fourth-order valence-electron chi connectivity index (χ4n) is 1.66. The SMILES string of the molecule is CCC(NC(=O)C(C)(C)c1ccccc1)C(=O)O. The highest BCUT2D eigenvalue weighted by Crippen LogP contribution is 2.23. The monoisotopic (exact) mass is 249 g/mol. The Kier molecular flexibility index (Phi) is 4.48. The molecule has 4 nitrogen and oxygen atoms in total.